The molecular weight excluding hydrogens is 455 g/mol. The smallest absolute Gasteiger partial charge is 0.383 e. The molecule has 0 radical (unpaired) electrons. The lowest BCUT2D eigenvalue weighted by atomic mass is 9.97. The van der Waals surface area contributed by atoms with Crippen LogP contribution in [0.2, 0.25) is 0 Å². The average Bonchev–Trinajstić information content (AvgIpc) is 2.79. The van der Waals surface area contributed by atoms with Gasteiger partial charge in [-0.2, -0.15) is 13.2 Å². The van der Waals surface area contributed by atoms with Gasteiger partial charge in [0.05, 0.1) is 25.6 Å². The minimum atomic E-state index is -4.34. The molecule has 0 saturated carbocycles. The number of nitrogens with zero attached hydrogens (tertiary/aromatic N) is 3. The molecular formula is C22H28F3N5O4. The van der Waals surface area contributed by atoms with E-state index in [-0.39, 0.29) is 50.7 Å². The van der Waals surface area contributed by atoms with Gasteiger partial charge in [0.15, 0.2) is 5.69 Å². The molecule has 1 unspecified atom stereocenters. The van der Waals surface area contributed by atoms with Gasteiger partial charge in [-0.1, -0.05) is 30.3 Å². The number of aromatic nitrogens is 2. The summed E-state index contributed by atoms with van der Waals surface area (Å²) in [6, 6.07) is 8.92. The molecule has 1 amide bonds. The van der Waals surface area contributed by atoms with E-state index in [1.54, 1.807) is 24.3 Å². The fourth-order valence-corrected chi connectivity index (χ4v) is 4.05. The number of aromatic amines is 1. The van der Waals surface area contributed by atoms with Crippen LogP contribution in [0.4, 0.5) is 24.7 Å². The first-order valence-electron chi connectivity index (χ1n) is 10.9. The number of rotatable bonds is 8. The minimum Gasteiger partial charge on any atom is -0.383 e. The zero-order chi connectivity index (χ0) is 24.9. The van der Waals surface area contributed by atoms with Gasteiger partial charge in [-0.15, -0.1) is 0 Å². The van der Waals surface area contributed by atoms with Crippen LogP contribution in [0.1, 0.15) is 18.4 Å². The Bertz CT molecular complexity index is 1100. The quantitative estimate of drug-likeness (QED) is 0.587. The SMILES string of the molecule is COCCN(C(=O)CN1CCCC(C(F)(F)F)C1)c1c(N)n(Cc2ccccc2)c(=O)[nH]c1=O. The Morgan fingerprint density at radius 1 is 1.26 bits per heavy atom. The van der Waals surface area contributed by atoms with E-state index in [0.717, 1.165) is 15.0 Å². The van der Waals surface area contributed by atoms with Gasteiger partial charge in [-0.05, 0) is 24.9 Å². The first kappa shape index (κ1) is 25.5. The summed E-state index contributed by atoms with van der Waals surface area (Å²) >= 11 is 0. The van der Waals surface area contributed by atoms with Gasteiger partial charge in [0, 0.05) is 20.2 Å². The first-order chi connectivity index (χ1) is 16.1. The Morgan fingerprint density at radius 3 is 2.62 bits per heavy atom. The zero-order valence-electron chi connectivity index (χ0n) is 18.8. The van der Waals surface area contributed by atoms with Crippen molar-refractivity contribution in [3.8, 4) is 0 Å². The van der Waals surface area contributed by atoms with Crippen molar-refractivity contribution >= 4 is 17.4 Å². The predicted molar refractivity (Wildman–Crippen MR) is 121 cm³/mol. The highest BCUT2D eigenvalue weighted by Gasteiger charge is 2.42. The van der Waals surface area contributed by atoms with Crippen molar-refractivity contribution in [3.63, 3.8) is 0 Å². The third-order valence-electron chi connectivity index (χ3n) is 5.81. The molecule has 1 aliphatic heterocycles. The molecule has 3 N–H and O–H groups in total. The number of hydrogen-bond acceptors (Lipinski definition) is 6. The van der Waals surface area contributed by atoms with Crippen molar-refractivity contribution in [2.24, 2.45) is 5.92 Å². The highest BCUT2D eigenvalue weighted by molar-refractivity contribution is 5.96. The third kappa shape index (κ3) is 6.06. The summed E-state index contributed by atoms with van der Waals surface area (Å²) in [6.45, 7) is -0.257. The predicted octanol–water partition coefficient (Wildman–Crippen LogP) is 1.42. The number of methoxy groups -OCH3 is 1. The topological polar surface area (TPSA) is 114 Å². The molecule has 3 rings (SSSR count). The first-order valence-corrected chi connectivity index (χ1v) is 10.9. The summed E-state index contributed by atoms with van der Waals surface area (Å²) < 4.78 is 45.7. The van der Waals surface area contributed by atoms with Crippen molar-refractivity contribution in [2.45, 2.75) is 25.6 Å². The molecule has 1 aliphatic rings. The number of nitrogen functional groups attached to an aromatic ring is 1. The van der Waals surface area contributed by atoms with Crippen LogP contribution in [-0.2, 0) is 16.1 Å². The van der Waals surface area contributed by atoms with Gasteiger partial charge in [-0.3, -0.25) is 24.0 Å². The number of piperidine rings is 1. The number of ether oxygens (including phenoxy) is 1. The molecule has 9 nitrogen and oxygen atoms in total. The van der Waals surface area contributed by atoms with E-state index in [0.29, 0.717) is 13.0 Å². The van der Waals surface area contributed by atoms with Crippen LogP contribution >= 0.6 is 0 Å². The molecule has 1 atom stereocenters. The Morgan fingerprint density at radius 2 is 1.97 bits per heavy atom. The van der Waals surface area contributed by atoms with E-state index in [2.05, 4.69) is 4.98 Å². The van der Waals surface area contributed by atoms with Gasteiger partial charge >= 0.3 is 11.9 Å². The largest absolute Gasteiger partial charge is 0.393 e. The van der Waals surface area contributed by atoms with Gasteiger partial charge < -0.3 is 15.4 Å². The molecule has 34 heavy (non-hydrogen) atoms. The van der Waals surface area contributed by atoms with E-state index in [4.69, 9.17) is 10.5 Å². The van der Waals surface area contributed by atoms with Crippen LogP contribution in [0.15, 0.2) is 39.9 Å². The van der Waals surface area contributed by atoms with E-state index >= 15 is 0 Å². The maximum atomic E-state index is 13.2. The molecule has 12 heteroatoms. The van der Waals surface area contributed by atoms with Gasteiger partial charge in [0.2, 0.25) is 5.91 Å². The molecule has 0 bridgehead atoms. The van der Waals surface area contributed by atoms with Crippen molar-refractivity contribution < 1.29 is 22.7 Å². The van der Waals surface area contributed by atoms with Crippen LogP contribution in [0.3, 0.4) is 0 Å². The van der Waals surface area contributed by atoms with E-state index < -0.39 is 29.3 Å². The van der Waals surface area contributed by atoms with Gasteiger partial charge in [-0.25, -0.2) is 4.79 Å². The molecule has 0 spiro atoms. The third-order valence-corrected chi connectivity index (χ3v) is 5.81. The minimum absolute atomic E-state index is 0.0125. The molecule has 186 valence electrons. The second-order valence-corrected chi connectivity index (χ2v) is 8.22. The van der Waals surface area contributed by atoms with Crippen LogP contribution < -0.4 is 21.9 Å². The fourth-order valence-electron chi connectivity index (χ4n) is 4.05. The Kier molecular flexibility index (Phi) is 8.15. The molecule has 1 aromatic heterocycles. The zero-order valence-corrected chi connectivity index (χ0v) is 18.8. The summed E-state index contributed by atoms with van der Waals surface area (Å²) in [5.74, 6) is -2.33. The van der Waals surface area contributed by atoms with Crippen molar-refractivity contribution in [3.05, 3.63) is 56.7 Å². The van der Waals surface area contributed by atoms with E-state index in [1.807, 2.05) is 6.07 Å². The van der Waals surface area contributed by atoms with E-state index in [9.17, 15) is 27.6 Å². The number of carbonyl (C=O) groups is 1. The summed E-state index contributed by atoms with van der Waals surface area (Å²) in [7, 11) is 1.41. The standard InChI is InChI=1S/C22H28F3N5O4/c1-34-11-10-29(17(31)14-28-9-5-8-16(13-28)22(23,24)25)18-19(26)30(21(33)27-20(18)32)12-15-6-3-2-4-7-15/h2-4,6-7,16H,5,8-14,26H2,1H3,(H,27,32,33). The van der Waals surface area contributed by atoms with E-state index in [1.165, 1.54) is 12.0 Å². The number of halogens is 3. The van der Waals surface area contributed by atoms with Crippen molar-refractivity contribution in [2.75, 3.05) is 50.5 Å². The van der Waals surface area contributed by atoms with Crippen molar-refractivity contribution in [1.29, 1.82) is 0 Å². The number of alkyl halides is 3. The van der Waals surface area contributed by atoms with Crippen LogP contribution in [-0.4, -0.2) is 66.4 Å². The van der Waals surface area contributed by atoms with Crippen molar-refractivity contribution in [1.82, 2.24) is 14.5 Å². The van der Waals surface area contributed by atoms with Crippen LogP contribution in [0.25, 0.3) is 0 Å². The lowest BCUT2D eigenvalue weighted by molar-refractivity contribution is -0.187. The summed E-state index contributed by atoms with van der Waals surface area (Å²) in [5.41, 5.74) is 5.12. The number of H-pyrrole nitrogens is 1. The number of nitrogens with one attached hydrogen (secondary N) is 1. The second-order valence-electron chi connectivity index (χ2n) is 8.22. The fraction of sp³-hybridized carbons (Fsp3) is 0.500. The summed E-state index contributed by atoms with van der Waals surface area (Å²) in [5, 5.41) is 0. The summed E-state index contributed by atoms with van der Waals surface area (Å²) in [4.78, 5) is 43.0. The molecule has 0 aliphatic carbocycles. The monoisotopic (exact) mass is 483 g/mol. The van der Waals surface area contributed by atoms with Gasteiger partial charge in [0.25, 0.3) is 5.56 Å². The number of anilines is 2. The van der Waals surface area contributed by atoms with Crippen LogP contribution in [0, 0.1) is 5.92 Å². The highest BCUT2D eigenvalue weighted by atomic mass is 19.4. The lowest BCUT2D eigenvalue weighted by Gasteiger charge is -2.34. The number of hydrogen-bond donors (Lipinski definition) is 2. The molecule has 2 aromatic rings. The molecule has 1 fully saturated rings. The number of nitrogens with two attached hydrogens (primary N) is 1. The average molecular weight is 483 g/mol. The number of likely N-dealkylation sites (tertiary alicyclic amines) is 1. The number of amides is 1. The lowest BCUT2D eigenvalue weighted by Crippen LogP contribution is -2.49. The number of benzene rings is 1. The summed E-state index contributed by atoms with van der Waals surface area (Å²) in [6.07, 6.45) is -4.02. The Balaban J connectivity index is 1.91. The Labute approximate surface area is 193 Å². The number of carbonyl (C=O) groups excluding carboxylic acids is 1. The van der Waals surface area contributed by atoms with Gasteiger partial charge in [0.1, 0.15) is 5.82 Å². The molecule has 2 heterocycles. The maximum absolute atomic E-state index is 13.2. The molecule has 1 saturated heterocycles. The molecule has 1 aromatic carbocycles. The highest BCUT2D eigenvalue weighted by Crippen LogP contribution is 2.33. The Hall–Kier alpha value is -3.12. The van der Waals surface area contributed by atoms with Crippen LogP contribution in [0.5, 0.6) is 0 Å². The second kappa shape index (κ2) is 10.9. The maximum Gasteiger partial charge on any atom is 0.393 e. The normalized spacial score (nSPS) is 17.0.